The average molecular weight is 405 g/mol. The lowest BCUT2D eigenvalue weighted by Crippen LogP contribution is -2.18. The Morgan fingerprint density at radius 2 is 1.65 bits per heavy atom. The number of rotatable bonds is 12. The first-order valence-corrected chi connectivity index (χ1v) is 11.1. The Hall–Kier alpha value is -0.880. The van der Waals surface area contributed by atoms with Crippen LogP contribution in [0.25, 0.3) is 0 Å². The second kappa shape index (κ2) is 10.5. The first-order chi connectivity index (χ1) is 12.2. The van der Waals surface area contributed by atoms with Crippen LogP contribution in [0.2, 0.25) is 0 Å². The minimum atomic E-state index is -3.20. The maximum Gasteiger partial charge on any atom is 0.331 e. The molecule has 0 aliphatic heterocycles. The van der Waals surface area contributed by atoms with Crippen molar-refractivity contribution in [1.82, 2.24) is 0 Å². The molecule has 1 unspecified atom stereocenters. The molecule has 6 nitrogen and oxygen atoms in total. The summed E-state index contributed by atoms with van der Waals surface area (Å²) in [7, 11) is 1.65. The maximum atomic E-state index is 11.9. The van der Waals surface area contributed by atoms with E-state index in [1.54, 1.807) is 40.0 Å². The van der Waals surface area contributed by atoms with Crippen LogP contribution in [-0.2, 0) is 19.4 Å². The molecule has 0 saturated carbocycles. The van der Waals surface area contributed by atoms with Crippen molar-refractivity contribution in [1.29, 1.82) is 0 Å². The van der Waals surface area contributed by atoms with Crippen molar-refractivity contribution in [2.45, 2.75) is 37.7 Å². The molecular weight excluding hydrogens is 375 g/mol. The van der Waals surface area contributed by atoms with E-state index in [1.165, 1.54) is 0 Å². The molecule has 0 spiro atoms. The van der Waals surface area contributed by atoms with Crippen LogP contribution in [0.1, 0.15) is 32.8 Å². The summed E-state index contributed by atoms with van der Waals surface area (Å²) >= 11 is 1.74. The molecular formula is C18H30O6PS. The van der Waals surface area contributed by atoms with Gasteiger partial charge in [-0.15, -0.1) is 0 Å². The molecule has 0 amide bonds. The number of methoxy groups -OCH3 is 3. The van der Waals surface area contributed by atoms with Crippen molar-refractivity contribution in [2.24, 2.45) is 0 Å². The molecule has 0 bridgehead atoms. The summed E-state index contributed by atoms with van der Waals surface area (Å²) in [5, 5.41) is 0. The molecule has 26 heavy (non-hydrogen) atoms. The van der Waals surface area contributed by atoms with Gasteiger partial charge in [0, 0.05) is 28.2 Å². The van der Waals surface area contributed by atoms with Gasteiger partial charge >= 0.3 is 7.60 Å². The standard InChI is InChI=1S/C18H30O6PS/c1-8-23-25(7,19)24-10-9-18(2,3)26-13-15-16(21-5)11-14(20-4)12-17(15)22-6/h11-12H,7-10,13H2,1-6H3. The van der Waals surface area contributed by atoms with Crippen molar-refractivity contribution in [3.05, 3.63) is 24.4 Å². The van der Waals surface area contributed by atoms with Gasteiger partial charge in [-0.2, -0.15) is 11.8 Å². The minimum Gasteiger partial charge on any atom is -0.496 e. The number of ether oxygens (including phenoxy) is 3. The molecule has 1 aromatic carbocycles. The molecule has 0 aliphatic carbocycles. The molecule has 0 aromatic heterocycles. The SMILES string of the molecule is [CH2]P(=O)(OCC)OCCC(C)(C)SCc1c(OC)cc(OC)cc1OC. The highest BCUT2D eigenvalue weighted by Gasteiger charge is 2.24. The maximum absolute atomic E-state index is 11.9. The molecule has 1 aromatic rings. The van der Waals surface area contributed by atoms with E-state index >= 15 is 0 Å². The highest BCUT2D eigenvalue weighted by Crippen LogP contribution is 2.47. The summed E-state index contributed by atoms with van der Waals surface area (Å²) in [4.78, 5) is 0. The highest BCUT2D eigenvalue weighted by molar-refractivity contribution is 7.99. The van der Waals surface area contributed by atoms with E-state index in [4.69, 9.17) is 23.3 Å². The third-order valence-electron chi connectivity index (χ3n) is 3.74. The molecule has 0 aliphatic rings. The average Bonchev–Trinajstić information content (AvgIpc) is 2.58. The van der Waals surface area contributed by atoms with Crippen LogP contribution in [0.15, 0.2) is 12.1 Å². The van der Waals surface area contributed by atoms with Gasteiger partial charge in [0.1, 0.15) is 17.2 Å². The molecule has 1 atom stereocenters. The lowest BCUT2D eigenvalue weighted by atomic mass is 10.1. The Bertz CT molecular complexity index is 595. The van der Waals surface area contributed by atoms with Crippen LogP contribution in [-0.4, -0.2) is 39.3 Å². The Kier molecular flexibility index (Phi) is 9.31. The summed E-state index contributed by atoms with van der Waals surface area (Å²) in [5.41, 5.74) is 0.965. The second-order valence-corrected chi connectivity index (χ2v) is 9.59. The summed E-state index contributed by atoms with van der Waals surface area (Å²) in [6.45, 7) is 10.1. The largest absolute Gasteiger partial charge is 0.496 e. The predicted molar refractivity (Wildman–Crippen MR) is 107 cm³/mol. The van der Waals surface area contributed by atoms with E-state index in [-0.39, 0.29) is 4.75 Å². The topological polar surface area (TPSA) is 63.2 Å². The monoisotopic (exact) mass is 405 g/mol. The van der Waals surface area contributed by atoms with Gasteiger partial charge in [-0.05, 0) is 13.3 Å². The van der Waals surface area contributed by atoms with Crippen molar-refractivity contribution >= 4 is 19.4 Å². The van der Waals surface area contributed by atoms with Crippen LogP contribution in [0.5, 0.6) is 17.2 Å². The zero-order valence-electron chi connectivity index (χ0n) is 16.5. The minimum absolute atomic E-state index is 0.109. The fraction of sp³-hybridized carbons (Fsp3) is 0.611. The Labute approximate surface area is 161 Å². The summed E-state index contributed by atoms with van der Waals surface area (Å²) in [6, 6.07) is 3.69. The second-order valence-electron chi connectivity index (χ2n) is 6.17. The summed E-state index contributed by atoms with van der Waals surface area (Å²) in [5.74, 6) is 2.82. The van der Waals surface area contributed by atoms with E-state index < -0.39 is 7.60 Å². The fourth-order valence-corrected chi connectivity index (χ4v) is 4.11. The van der Waals surface area contributed by atoms with Crippen molar-refractivity contribution < 1.29 is 27.8 Å². The highest BCUT2D eigenvalue weighted by atomic mass is 32.2. The molecule has 1 rings (SSSR count). The Balaban J connectivity index is 2.73. The summed E-state index contributed by atoms with van der Waals surface area (Å²) < 4.78 is 38.4. The molecule has 1 radical (unpaired) electrons. The normalized spacial score (nSPS) is 14.0. The van der Waals surface area contributed by atoms with E-state index in [1.807, 2.05) is 12.1 Å². The Morgan fingerprint density at radius 3 is 2.12 bits per heavy atom. The summed E-state index contributed by atoms with van der Waals surface area (Å²) in [6.07, 6.45) is 0.699. The number of hydrogen-bond donors (Lipinski definition) is 0. The van der Waals surface area contributed by atoms with Crippen LogP contribution in [0.3, 0.4) is 0 Å². The third-order valence-corrected chi connectivity index (χ3v) is 6.39. The zero-order valence-corrected chi connectivity index (χ0v) is 18.2. The van der Waals surface area contributed by atoms with Gasteiger partial charge in [-0.3, -0.25) is 4.57 Å². The van der Waals surface area contributed by atoms with Gasteiger partial charge in [0.15, 0.2) is 0 Å². The van der Waals surface area contributed by atoms with Crippen LogP contribution in [0, 0.1) is 6.66 Å². The van der Waals surface area contributed by atoms with Crippen LogP contribution < -0.4 is 14.2 Å². The van der Waals surface area contributed by atoms with Crippen LogP contribution in [0.4, 0.5) is 0 Å². The van der Waals surface area contributed by atoms with Gasteiger partial charge in [-0.25, -0.2) is 0 Å². The van der Waals surface area contributed by atoms with Gasteiger partial charge in [0.2, 0.25) is 0 Å². The number of hydrogen-bond acceptors (Lipinski definition) is 7. The van der Waals surface area contributed by atoms with E-state index in [0.29, 0.717) is 31.1 Å². The van der Waals surface area contributed by atoms with Gasteiger partial charge in [0.05, 0.1) is 41.2 Å². The molecule has 0 heterocycles. The van der Waals surface area contributed by atoms with E-state index in [9.17, 15) is 4.57 Å². The van der Waals surface area contributed by atoms with Crippen LogP contribution >= 0.6 is 19.4 Å². The van der Waals surface area contributed by atoms with Crippen molar-refractivity contribution in [3.63, 3.8) is 0 Å². The predicted octanol–water partition coefficient (Wildman–Crippen LogP) is 5.15. The smallest absolute Gasteiger partial charge is 0.331 e. The third kappa shape index (κ3) is 7.39. The van der Waals surface area contributed by atoms with E-state index in [0.717, 1.165) is 17.1 Å². The first-order valence-electron chi connectivity index (χ1n) is 8.34. The van der Waals surface area contributed by atoms with Gasteiger partial charge < -0.3 is 23.3 Å². The quantitative estimate of drug-likeness (QED) is 0.446. The van der Waals surface area contributed by atoms with Crippen molar-refractivity contribution in [3.8, 4) is 17.2 Å². The fourth-order valence-electron chi connectivity index (χ4n) is 2.22. The lowest BCUT2D eigenvalue weighted by Gasteiger charge is -2.25. The van der Waals surface area contributed by atoms with E-state index in [2.05, 4.69) is 20.5 Å². The molecule has 0 fully saturated rings. The van der Waals surface area contributed by atoms with Crippen molar-refractivity contribution in [2.75, 3.05) is 34.5 Å². The molecule has 149 valence electrons. The lowest BCUT2D eigenvalue weighted by molar-refractivity contribution is 0.213. The number of thioether (sulfide) groups is 1. The molecule has 0 saturated heterocycles. The van der Waals surface area contributed by atoms with Gasteiger partial charge in [0.25, 0.3) is 0 Å². The van der Waals surface area contributed by atoms with Gasteiger partial charge in [-0.1, -0.05) is 13.8 Å². The number of benzene rings is 1. The first kappa shape index (κ1) is 23.2. The zero-order chi connectivity index (χ0) is 19.8. The molecule has 0 N–H and O–H groups in total. The molecule has 8 heteroatoms. The Morgan fingerprint density at radius 1 is 1.08 bits per heavy atom.